The van der Waals surface area contributed by atoms with Gasteiger partial charge in [-0.2, -0.15) is 0 Å². The Morgan fingerprint density at radius 2 is 1.91 bits per heavy atom. The number of carbonyl (C=O) groups is 1. The molecular formula is C14H16IN5O2. The van der Waals surface area contributed by atoms with E-state index in [1.54, 1.807) is 0 Å². The first kappa shape index (κ1) is 16.5. The molecule has 0 aliphatic carbocycles. The number of ether oxygens (including phenoxy) is 1. The molecule has 0 unspecified atom stereocenters. The van der Waals surface area contributed by atoms with Crippen molar-refractivity contribution in [1.82, 2.24) is 25.7 Å². The maximum Gasteiger partial charge on any atom is 0.407 e. The molecule has 2 aromatic rings. The fourth-order valence-corrected chi connectivity index (χ4v) is 2.43. The van der Waals surface area contributed by atoms with Gasteiger partial charge in [0.2, 0.25) is 5.82 Å². The van der Waals surface area contributed by atoms with Crippen LogP contribution in [0.25, 0.3) is 11.4 Å². The zero-order chi connectivity index (χ0) is 16.2. The van der Waals surface area contributed by atoms with Crippen molar-refractivity contribution in [3.05, 3.63) is 33.7 Å². The van der Waals surface area contributed by atoms with E-state index in [2.05, 4.69) is 48.3 Å². The summed E-state index contributed by atoms with van der Waals surface area (Å²) in [5.74, 6) is 0.444. The fraction of sp³-hybridized carbons (Fsp3) is 0.357. The first-order valence-electron chi connectivity index (χ1n) is 6.60. The van der Waals surface area contributed by atoms with E-state index in [-0.39, 0.29) is 0 Å². The van der Waals surface area contributed by atoms with Crippen LogP contribution >= 0.6 is 22.6 Å². The number of nitrogens with one attached hydrogen (secondary N) is 1. The minimum atomic E-state index is -0.518. The quantitative estimate of drug-likeness (QED) is 0.779. The highest BCUT2D eigenvalue weighted by Gasteiger charge is 2.16. The van der Waals surface area contributed by atoms with Gasteiger partial charge in [-0.05, 0) is 67.1 Å². The molecular weight excluding hydrogens is 397 g/mol. The number of aromatic nitrogens is 4. The monoisotopic (exact) mass is 413 g/mol. The molecule has 1 aromatic heterocycles. The molecule has 1 amide bonds. The first-order valence-corrected chi connectivity index (χ1v) is 7.68. The fourth-order valence-electron chi connectivity index (χ4n) is 1.69. The van der Waals surface area contributed by atoms with Gasteiger partial charge in [0, 0.05) is 15.7 Å². The Morgan fingerprint density at radius 3 is 2.55 bits per heavy atom. The molecule has 1 aromatic carbocycles. The molecule has 7 nitrogen and oxygen atoms in total. The van der Waals surface area contributed by atoms with Crippen molar-refractivity contribution in [3.63, 3.8) is 0 Å². The van der Waals surface area contributed by atoms with Gasteiger partial charge in [0.1, 0.15) is 5.60 Å². The van der Waals surface area contributed by atoms with Crippen molar-refractivity contribution in [2.24, 2.45) is 0 Å². The molecule has 1 N–H and O–H groups in total. The van der Waals surface area contributed by atoms with Gasteiger partial charge in [-0.3, -0.25) is 0 Å². The zero-order valence-corrected chi connectivity index (χ0v) is 14.7. The number of alkyl carbamates (subject to hydrolysis) is 1. The second kappa shape index (κ2) is 6.95. The Hall–Kier alpha value is -1.84. The lowest BCUT2D eigenvalue weighted by Gasteiger charge is -2.19. The van der Waals surface area contributed by atoms with Gasteiger partial charge in [0.15, 0.2) is 6.33 Å². The van der Waals surface area contributed by atoms with Crippen molar-refractivity contribution in [2.75, 3.05) is 0 Å². The number of nitrogens with zero attached hydrogens (tertiary/aromatic N) is 4. The van der Waals surface area contributed by atoms with Crippen LogP contribution in [-0.2, 0) is 11.3 Å². The Balaban J connectivity index is 2.09. The molecule has 0 aliphatic rings. The van der Waals surface area contributed by atoms with Crippen LogP contribution in [0.4, 0.5) is 4.79 Å². The lowest BCUT2D eigenvalue weighted by molar-refractivity contribution is 0.0523. The summed E-state index contributed by atoms with van der Waals surface area (Å²) in [6.45, 7) is 5.82. The topological polar surface area (TPSA) is 89.9 Å². The summed E-state index contributed by atoms with van der Waals surface area (Å²) in [4.78, 5) is 11.7. The molecule has 0 aliphatic heterocycles. The molecule has 0 radical (unpaired) electrons. The third-order valence-corrected chi connectivity index (χ3v) is 3.08. The molecule has 0 saturated heterocycles. The van der Waals surface area contributed by atoms with Crippen LogP contribution in [-0.4, -0.2) is 32.1 Å². The van der Waals surface area contributed by atoms with Crippen LogP contribution in [0.2, 0.25) is 0 Å². The van der Waals surface area contributed by atoms with Gasteiger partial charge < -0.3 is 10.1 Å². The largest absolute Gasteiger partial charge is 0.444 e. The number of hydrogen-bond donors (Lipinski definition) is 1. The van der Waals surface area contributed by atoms with E-state index in [0.29, 0.717) is 12.4 Å². The number of rotatable bonds is 3. The van der Waals surface area contributed by atoms with Gasteiger partial charge in [0.05, 0.1) is 0 Å². The van der Waals surface area contributed by atoms with Crippen molar-refractivity contribution in [3.8, 4) is 11.4 Å². The predicted molar refractivity (Wildman–Crippen MR) is 88.8 cm³/mol. The Bertz CT molecular complexity index is 658. The maximum atomic E-state index is 11.7. The molecule has 0 fully saturated rings. The first-order chi connectivity index (χ1) is 10.3. The van der Waals surface area contributed by atoms with E-state index in [1.807, 2.05) is 39.0 Å². The van der Waals surface area contributed by atoms with Crippen molar-refractivity contribution in [2.45, 2.75) is 32.9 Å². The predicted octanol–water partition coefficient (Wildman–Crippen LogP) is 2.56. The summed E-state index contributed by atoms with van der Waals surface area (Å²) < 4.78 is 6.21. The molecule has 0 bridgehead atoms. The van der Waals surface area contributed by atoms with Gasteiger partial charge >= 0.3 is 6.09 Å². The lowest BCUT2D eigenvalue weighted by Crippen LogP contribution is -2.32. The summed E-state index contributed by atoms with van der Waals surface area (Å²) in [5.41, 5.74) is 1.20. The van der Waals surface area contributed by atoms with Gasteiger partial charge in [-0.25, -0.2) is 4.79 Å². The van der Waals surface area contributed by atoms with E-state index in [1.165, 1.54) is 6.33 Å². The standard InChI is InChI=1S/C14H16IN5O2/c1-14(2,3)22-13(21)16-7-9-4-10(6-11(15)5-9)12-19-17-8-18-20-12/h4-6,8H,7H2,1-3H3,(H,16,21). The Kier molecular flexibility index (Phi) is 5.22. The highest BCUT2D eigenvalue weighted by Crippen LogP contribution is 2.19. The van der Waals surface area contributed by atoms with Crippen LogP contribution in [0.3, 0.4) is 0 Å². The van der Waals surface area contributed by atoms with Crippen LogP contribution in [0.5, 0.6) is 0 Å². The average Bonchev–Trinajstić information content (AvgIpc) is 2.44. The summed E-state index contributed by atoms with van der Waals surface area (Å²) >= 11 is 2.20. The molecule has 8 heteroatoms. The molecule has 0 saturated carbocycles. The lowest BCUT2D eigenvalue weighted by atomic mass is 10.1. The van der Waals surface area contributed by atoms with Crippen molar-refractivity contribution < 1.29 is 9.53 Å². The van der Waals surface area contributed by atoms with Crippen molar-refractivity contribution >= 4 is 28.7 Å². The van der Waals surface area contributed by atoms with Crippen LogP contribution in [0.1, 0.15) is 26.3 Å². The van der Waals surface area contributed by atoms with Gasteiger partial charge in [-0.15, -0.1) is 20.4 Å². The number of hydrogen-bond acceptors (Lipinski definition) is 6. The molecule has 0 spiro atoms. The summed E-state index contributed by atoms with van der Waals surface area (Å²) in [5, 5.41) is 18.0. The van der Waals surface area contributed by atoms with Gasteiger partial charge in [-0.1, -0.05) is 0 Å². The normalized spacial score (nSPS) is 11.1. The Labute approximate surface area is 142 Å². The van der Waals surface area contributed by atoms with Crippen LogP contribution in [0.15, 0.2) is 24.5 Å². The number of carbonyl (C=O) groups excluding carboxylic acids is 1. The molecule has 0 atom stereocenters. The van der Waals surface area contributed by atoms with E-state index in [4.69, 9.17) is 4.74 Å². The number of halogens is 1. The second-order valence-electron chi connectivity index (χ2n) is 5.57. The summed E-state index contributed by atoms with van der Waals surface area (Å²) in [6, 6.07) is 5.78. The molecule has 1 heterocycles. The third-order valence-electron chi connectivity index (χ3n) is 2.46. The third kappa shape index (κ3) is 5.17. The number of amides is 1. The van der Waals surface area contributed by atoms with Crippen LogP contribution in [0, 0.1) is 3.57 Å². The smallest absolute Gasteiger partial charge is 0.407 e. The Morgan fingerprint density at radius 1 is 1.23 bits per heavy atom. The summed E-state index contributed by atoms with van der Waals surface area (Å²) in [6.07, 6.45) is 0.828. The molecule has 116 valence electrons. The zero-order valence-electron chi connectivity index (χ0n) is 12.5. The second-order valence-corrected chi connectivity index (χ2v) is 6.82. The minimum absolute atomic E-state index is 0.354. The maximum absolute atomic E-state index is 11.7. The van der Waals surface area contributed by atoms with E-state index in [9.17, 15) is 4.79 Å². The number of benzene rings is 1. The molecule has 22 heavy (non-hydrogen) atoms. The highest BCUT2D eigenvalue weighted by atomic mass is 127. The van der Waals surface area contributed by atoms with E-state index in [0.717, 1.165) is 14.7 Å². The minimum Gasteiger partial charge on any atom is -0.444 e. The van der Waals surface area contributed by atoms with E-state index < -0.39 is 11.7 Å². The molecule has 2 rings (SSSR count). The van der Waals surface area contributed by atoms with E-state index >= 15 is 0 Å². The average molecular weight is 413 g/mol. The highest BCUT2D eigenvalue weighted by molar-refractivity contribution is 14.1. The summed E-state index contributed by atoms with van der Waals surface area (Å²) in [7, 11) is 0. The van der Waals surface area contributed by atoms with Crippen LogP contribution < -0.4 is 5.32 Å². The SMILES string of the molecule is CC(C)(C)OC(=O)NCc1cc(I)cc(-c2nncnn2)c1. The van der Waals surface area contributed by atoms with Crippen molar-refractivity contribution in [1.29, 1.82) is 0 Å². The van der Waals surface area contributed by atoms with Gasteiger partial charge in [0.25, 0.3) is 0 Å².